The highest BCUT2D eigenvalue weighted by Gasteiger charge is 2.29. The molecule has 1 aliphatic rings. The Bertz CT molecular complexity index is 5810. The van der Waals surface area contributed by atoms with E-state index in [0.717, 1.165) is 87.2 Å². The quantitative estimate of drug-likeness (QED) is 0.0430. The standard InChI is InChI=1S/C31H38N4.C29H38N2.C24H19N.C21H21N.C18H15N/c1-5-33(6-2)28-20-15-25(16-21-28)14-19-27-24-31(35(32-27)30-12-10-9-11-13-30)26-17-22-29(23-18-26)34(7-3)8-4;1-7-30(8-2)25-16-18-27(22(5)20-25)29(24-14-12-11-13-15-24)28-19-17-26(21-23(28)6)31(9-3)10-4;1-4-10-20(11-5-1)21-16-18-24(19-17-21)25(22-12-6-2-7-13-22)23-14-8-3-9-15-23;1-16-4-10-19(11-5-16)22(20-12-6-17(2)7-13-20)21-14-8-18(3)9-15-21;1-4-10-16(11-5-1)19(17-12-6-2-7-13-17)18-14-8-3-9-15-18/h9-23,31H,5-8,24H2,1-4H3;11-21,29H,7-10H2,1-6H3;1-19H;4-15H,1-3H3;1-15H. The molecule has 17 rings (SSSR count). The largest absolute Gasteiger partial charge is 0.372 e. The lowest BCUT2D eigenvalue weighted by atomic mass is 9.81. The summed E-state index contributed by atoms with van der Waals surface area (Å²) >= 11 is 0. The van der Waals surface area contributed by atoms with E-state index in [2.05, 4.69) is 530 Å². The van der Waals surface area contributed by atoms with Gasteiger partial charge in [-0.3, -0.25) is 5.01 Å². The number of aryl methyl sites for hydroxylation is 5. The van der Waals surface area contributed by atoms with E-state index in [9.17, 15) is 0 Å². The van der Waals surface area contributed by atoms with Gasteiger partial charge < -0.3 is 34.3 Å². The van der Waals surface area contributed by atoms with Gasteiger partial charge in [0.2, 0.25) is 0 Å². The third-order valence-corrected chi connectivity index (χ3v) is 24.6. The Morgan fingerprint density at radius 2 is 0.530 bits per heavy atom. The molecule has 668 valence electrons. The average Bonchev–Trinajstić information content (AvgIpc) is 0.897. The van der Waals surface area contributed by atoms with Gasteiger partial charge in [-0.1, -0.05) is 278 Å². The molecule has 0 fully saturated rings. The van der Waals surface area contributed by atoms with E-state index in [4.69, 9.17) is 5.10 Å². The molecule has 0 bridgehead atoms. The number of anilines is 14. The van der Waals surface area contributed by atoms with Gasteiger partial charge in [0.15, 0.2) is 0 Å². The highest BCUT2D eigenvalue weighted by Crippen LogP contribution is 2.43. The number of hydrogen-bond acceptors (Lipinski definition) is 9. The highest BCUT2D eigenvalue weighted by molar-refractivity contribution is 6.01. The van der Waals surface area contributed by atoms with Crippen molar-refractivity contribution < 1.29 is 0 Å². The number of hydrogen-bond donors (Lipinski definition) is 0. The summed E-state index contributed by atoms with van der Waals surface area (Å²) < 4.78 is 0. The summed E-state index contributed by atoms with van der Waals surface area (Å²) in [6.07, 6.45) is 5.24. The predicted molar refractivity (Wildman–Crippen MR) is 573 cm³/mol. The first kappa shape index (κ1) is 94.9. The summed E-state index contributed by atoms with van der Waals surface area (Å²) in [5.74, 6) is 0.234. The van der Waals surface area contributed by atoms with Gasteiger partial charge in [0, 0.05) is 139 Å². The van der Waals surface area contributed by atoms with Crippen LogP contribution in [0.15, 0.2) is 436 Å². The van der Waals surface area contributed by atoms with Crippen LogP contribution in [0.25, 0.3) is 17.2 Å². The molecule has 0 saturated heterocycles. The van der Waals surface area contributed by atoms with Crippen molar-refractivity contribution in [3.8, 4) is 11.1 Å². The fraction of sp³-hybridized carbons (Fsp3) is 0.195. The van der Waals surface area contributed by atoms with Crippen molar-refractivity contribution >= 4 is 91.4 Å². The van der Waals surface area contributed by atoms with E-state index in [1.807, 2.05) is 36.4 Å². The molecule has 0 aromatic heterocycles. The molecule has 1 heterocycles. The molecule has 0 N–H and O–H groups in total. The van der Waals surface area contributed by atoms with Crippen molar-refractivity contribution in [1.82, 2.24) is 0 Å². The first-order valence-electron chi connectivity index (χ1n) is 47.3. The monoisotopic (exact) mass is 1730 g/mol. The maximum Gasteiger partial charge on any atom is 0.0831 e. The molecule has 9 heteroatoms. The van der Waals surface area contributed by atoms with Gasteiger partial charge in [-0.2, -0.15) is 5.10 Å². The molecule has 16 aromatic carbocycles. The molecule has 1 unspecified atom stereocenters. The summed E-state index contributed by atoms with van der Waals surface area (Å²) in [6, 6.07) is 151. The van der Waals surface area contributed by atoms with Crippen LogP contribution in [0.5, 0.6) is 0 Å². The second-order valence-electron chi connectivity index (χ2n) is 33.2. The fourth-order valence-corrected chi connectivity index (χ4v) is 17.2. The zero-order valence-electron chi connectivity index (χ0n) is 79.6. The Morgan fingerprint density at radius 1 is 0.265 bits per heavy atom. The van der Waals surface area contributed by atoms with Crippen molar-refractivity contribution in [2.75, 3.05) is 91.7 Å². The summed E-state index contributed by atoms with van der Waals surface area (Å²) in [5, 5.41) is 7.21. The molecule has 132 heavy (non-hydrogen) atoms. The minimum atomic E-state index is 0.188. The van der Waals surface area contributed by atoms with Crippen molar-refractivity contribution in [3.63, 3.8) is 0 Å². The molecular weight excluding hydrogens is 1600 g/mol. The van der Waals surface area contributed by atoms with Gasteiger partial charge in [0.25, 0.3) is 0 Å². The molecule has 0 radical (unpaired) electrons. The normalized spacial score (nSPS) is 11.9. The lowest BCUT2D eigenvalue weighted by Crippen LogP contribution is -2.22. The van der Waals surface area contributed by atoms with E-state index in [1.165, 1.54) is 124 Å². The van der Waals surface area contributed by atoms with Gasteiger partial charge in [0.1, 0.15) is 0 Å². The predicted octanol–water partition coefficient (Wildman–Crippen LogP) is 32.6. The zero-order chi connectivity index (χ0) is 92.3. The second kappa shape index (κ2) is 48.7. The van der Waals surface area contributed by atoms with Crippen LogP contribution in [0.4, 0.5) is 79.6 Å². The smallest absolute Gasteiger partial charge is 0.0831 e. The van der Waals surface area contributed by atoms with Crippen LogP contribution in [-0.4, -0.2) is 58.1 Å². The van der Waals surface area contributed by atoms with E-state index in [0.29, 0.717) is 0 Å². The van der Waals surface area contributed by atoms with Crippen molar-refractivity contribution in [1.29, 1.82) is 0 Å². The molecule has 9 nitrogen and oxygen atoms in total. The van der Waals surface area contributed by atoms with Crippen molar-refractivity contribution in [2.45, 2.75) is 108 Å². The molecule has 0 aliphatic carbocycles. The Balaban J connectivity index is 0.000000142. The topological polar surface area (TPSA) is 38.3 Å². The summed E-state index contributed by atoms with van der Waals surface area (Å²) in [4.78, 5) is 16.4. The highest BCUT2D eigenvalue weighted by atomic mass is 15.5. The van der Waals surface area contributed by atoms with E-state index in [-0.39, 0.29) is 12.0 Å². The van der Waals surface area contributed by atoms with Gasteiger partial charge in [-0.15, -0.1) is 0 Å². The molecule has 0 spiro atoms. The van der Waals surface area contributed by atoms with Gasteiger partial charge in [-0.25, -0.2) is 0 Å². The molecule has 16 aromatic rings. The first-order valence-corrected chi connectivity index (χ1v) is 47.3. The van der Waals surface area contributed by atoms with E-state index < -0.39 is 0 Å². The molecule has 0 saturated carbocycles. The van der Waals surface area contributed by atoms with Crippen LogP contribution in [-0.2, 0) is 0 Å². The van der Waals surface area contributed by atoms with Crippen LogP contribution in [0.3, 0.4) is 0 Å². The van der Waals surface area contributed by atoms with Crippen LogP contribution < -0.4 is 39.3 Å². The number of allylic oxidation sites excluding steroid dienone is 1. The third-order valence-electron chi connectivity index (χ3n) is 24.6. The van der Waals surface area contributed by atoms with Crippen molar-refractivity contribution in [2.24, 2.45) is 5.10 Å². The number of para-hydroxylation sites is 6. The maximum absolute atomic E-state index is 5.04. The summed E-state index contributed by atoms with van der Waals surface area (Å²) in [7, 11) is 0. The molecule has 1 aliphatic heterocycles. The zero-order valence-corrected chi connectivity index (χ0v) is 79.6. The Hall–Kier alpha value is -14.7. The summed E-state index contributed by atoms with van der Waals surface area (Å²) in [6.45, 7) is 36.8. The van der Waals surface area contributed by atoms with Gasteiger partial charge >= 0.3 is 0 Å². The number of hydrazone groups is 1. The van der Waals surface area contributed by atoms with Crippen LogP contribution in [0.1, 0.15) is 129 Å². The fourth-order valence-electron chi connectivity index (χ4n) is 17.2. The molecular formula is C123H131N9. The van der Waals surface area contributed by atoms with Gasteiger partial charge in [0.05, 0.1) is 17.4 Å². The second-order valence-corrected chi connectivity index (χ2v) is 33.2. The maximum atomic E-state index is 5.04. The Morgan fingerprint density at radius 3 is 0.856 bits per heavy atom. The van der Waals surface area contributed by atoms with Crippen LogP contribution in [0.2, 0.25) is 0 Å². The SMILES string of the molecule is CCN(CC)c1ccc(C(c2ccccc2)c2ccc(N(CC)CC)cc2C)c(C)c1.CCN(CC)c1ccc(C=CC2=NN(c3ccccc3)C(c3ccc(N(CC)CC)cc3)C2)cc1.Cc1ccc(N(c2ccc(C)cc2)c2ccc(C)cc2)cc1.c1ccc(-c2ccc(N(c3ccccc3)c3ccccc3)cc2)cc1.c1ccc(N(c2ccccc2)c2ccccc2)cc1. The Kier molecular flexibility index (Phi) is 35.0. The number of rotatable bonds is 29. The first-order chi connectivity index (χ1) is 64.7. The lowest BCUT2D eigenvalue weighted by molar-refractivity contribution is 0.709. The molecule has 1 atom stereocenters. The van der Waals surface area contributed by atoms with E-state index >= 15 is 0 Å². The third kappa shape index (κ3) is 25.3. The minimum Gasteiger partial charge on any atom is -0.372 e. The average molecular weight is 1740 g/mol. The minimum absolute atomic E-state index is 0.188. The lowest BCUT2D eigenvalue weighted by Gasteiger charge is -2.27. The van der Waals surface area contributed by atoms with Crippen LogP contribution in [0, 0.1) is 34.6 Å². The van der Waals surface area contributed by atoms with E-state index in [1.54, 1.807) is 0 Å². The van der Waals surface area contributed by atoms with Gasteiger partial charge in [-0.05, 0) is 316 Å². The van der Waals surface area contributed by atoms with Crippen LogP contribution >= 0.6 is 0 Å². The summed E-state index contributed by atoms with van der Waals surface area (Å²) in [5.41, 5.74) is 33.5. The number of benzene rings is 16. The molecule has 0 amide bonds. The Labute approximate surface area is 788 Å². The van der Waals surface area contributed by atoms with Crippen molar-refractivity contribution in [3.05, 3.63) is 486 Å². The number of nitrogens with zero attached hydrogens (tertiary/aromatic N) is 9.